The molecule has 0 aliphatic heterocycles. The third-order valence-corrected chi connectivity index (χ3v) is 7.29. The number of fused-ring (bicyclic) bond motifs is 1. The zero-order chi connectivity index (χ0) is 25.1. The largest absolute Gasteiger partial charge is 0.322 e. The van der Waals surface area contributed by atoms with E-state index in [4.69, 9.17) is 0 Å². The van der Waals surface area contributed by atoms with E-state index in [2.05, 4.69) is 68.0 Å². The number of hydrogen-bond acceptors (Lipinski definition) is 6. The number of tetrazole rings is 1. The van der Waals surface area contributed by atoms with Gasteiger partial charge in [0.15, 0.2) is 5.82 Å². The van der Waals surface area contributed by atoms with Crippen LogP contribution in [-0.4, -0.2) is 35.1 Å². The average Bonchev–Trinajstić information content (AvgIpc) is 3.35. The van der Waals surface area contributed by atoms with E-state index in [1.54, 1.807) is 6.20 Å². The number of nitrogens with zero attached hydrogens (tertiary/aromatic N) is 6. The minimum Gasteiger partial charge on any atom is -0.322 e. The molecule has 1 N–H and O–H groups in total. The number of hydrogen-bond donors (Lipinski definition) is 1. The van der Waals surface area contributed by atoms with Crippen LogP contribution in [-0.2, 0) is 13.1 Å². The minimum absolute atomic E-state index is 0.0584. The van der Waals surface area contributed by atoms with Crippen LogP contribution < -0.4 is 5.56 Å². The number of aryl methyl sites for hydroxylation is 1. The lowest BCUT2D eigenvalue weighted by atomic mass is 9.94. The van der Waals surface area contributed by atoms with Crippen molar-refractivity contribution in [2.24, 2.45) is 5.92 Å². The van der Waals surface area contributed by atoms with Gasteiger partial charge in [0.25, 0.3) is 5.56 Å². The lowest BCUT2D eigenvalue weighted by Crippen LogP contribution is -2.36. The van der Waals surface area contributed by atoms with Crippen molar-refractivity contribution in [1.29, 1.82) is 0 Å². The Morgan fingerprint density at radius 2 is 1.94 bits per heavy atom. The van der Waals surface area contributed by atoms with Crippen LogP contribution >= 0.6 is 0 Å². The van der Waals surface area contributed by atoms with Gasteiger partial charge >= 0.3 is 0 Å². The van der Waals surface area contributed by atoms with Crippen LogP contribution in [0.2, 0.25) is 0 Å². The van der Waals surface area contributed by atoms with Gasteiger partial charge in [-0.05, 0) is 71.3 Å². The summed E-state index contributed by atoms with van der Waals surface area (Å²) in [7, 11) is 0. The molecule has 0 radical (unpaired) electrons. The Bertz CT molecular complexity index is 1360. The zero-order valence-corrected chi connectivity index (χ0v) is 21.4. The summed E-state index contributed by atoms with van der Waals surface area (Å²) in [5.74, 6) is 1.12. The van der Waals surface area contributed by atoms with E-state index in [-0.39, 0.29) is 17.5 Å². The van der Waals surface area contributed by atoms with Crippen molar-refractivity contribution in [3.63, 3.8) is 0 Å². The van der Waals surface area contributed by atoms with E-state index in [1.165, 1.54) is 24.8 Å². The second-order valence-corrected chi connectivity index (χ2v) is 10.4. The first-order valence-electron chi connectivity index (χ1n) is 13.0. The molecule has 0 saturated heterocycles. The minimum atomic E-state index is -0.0604. The Morgan fingerprint density at radius 1 is 1.11 bits per heavy atom. The van der Waals surface area contributed by atoms with Crippen LogP contribution in [0, 0.1) is 12.8 Å². The normalized spacial score (nSPS) is 15.7. The lowest BCUT2D eigenvalue weighted by Gasteiger charge is -2.34. The summed E-state index contributed by atoms with van der Waals surface area (Å²) < 4.78 is 2.06. The first-order valence-corrected chi connectivity index (χ1v) is 13.0. The topological polar surface area (TPSA) is 92.6 Å². The molecular formula is C28H35N7O. The number of pyridine rings is 2. The van der Waals surface area contributed by atoms with Gasteiger partial charge in [0.05, 0.1) is 12.1 Å². The lowest BCUT2D eigenvalue weighted by molar-refractivity contribution is 0.121. The molecule has 1 fully saturated rings. The highest BCUT2D eigenvalue weighted by atomic mass is 16.1. The molecule has 0 unspecified atom stereocenters. The molecular weight excluding hydrogens is 450 g/mol. The molecule has 8 nitrogen and oxygen atoms in total. The summed E-state index contributed by atoms with van der Waals surface area (Å²) in [6, 6.07) is 12.4. The molecule has 1 aliphatic rings. The molecule has 188 valence electrons. The third-order valence-electron chi connectivity index (χ3n) is 7.29. The molecule has 4 aromatic rings. The SMILES string of the molecule is Cc1ccc2[nH]c(=O)c(CN(Cc3cccnc3)[C@@H](c3nnnn3C3CCCCC3)C(C)C)cc2c1. The Balaban J connectivity index is 1.55. The maximum atomic E-state index is 13.2. The predicted molar refractivity (Wildman–Crippen MR) is 140 cm³/mol. The van der Waals surface area contributed by atoms with Crippen LogP contribution in [0.25, 0.3) is 10.9 Å². The summed E-state index contributed by atoms with van der Waals surface area (Å²) in [5, 5.41) is 14.2. The van der Waals surface area contributed by atoms with Gasteiger partial charge in [-0.2, -0.15) is 0 Å². The number of aromatic nitrogens is 6. The fourth-order valence-electron chi connectivity index (χ4n) is 5.55. The van der Waals surface area contributed by atoms with Gasteiger partial charge in [-0.25, -0.2) is 4.68 Å². The molecule has 3 heterocycles. The number of benzene rings is 1. The maximum absolute atomic E-state index is 13.2. The van der Waals surface area contributed by atoms with E-state index >= 15 is 0 Å². The molecule has 1 saturated carbocycles. The van der Waals surface area contributed by atoms with Crippen molar-refractivity contribution in [3.8, 4) is 0 Å². The molecule has 0 spiro atoms. The highest BCUT2D eigenvalue weighted by Gasteiger charge is 2.32. The molecule has 36 heavy (non-hydrogen) atoms. The number of H-pyrrole nitrogens is 1. The molecule has 1 aromatic carbocycles. The fraction of sp³-hybridized carbons (Fsp3) is 0.464. The van der Waals surface area contributed by atoms with Crippen molar-refractivity contribution in [2.75, 3.05) is 0 Å². The van der Waals surface area contributed by atoms with Crippen molar-refractivity contribution < 1.29 is 0 Å². The van der Waals surface area contributed by atoms with Crippen molar-refractivity contribution in [1.82, 2.24) is 35.1 Å². The quantitative estimate of drug-likeness (QED) is 0.372. The first-order chi connectivity index (χ1) is 17.5. The van der Waals surface area contributed by atoms with Crippen LogP contribution in [0.4, 0.5) is 0 Å². The monoisotopic (exact) mass is 485 g/mol. The Morgan fingerprint density at radius 3 is 2.69 bits per heavy atom. The van der Waals surface area contributed by atoms with Crippen LogP contribution in [0.3, 0.4) is 0 Å². The van der Waals surface area contributed by atoms with E-state index in [0.29, 0.717) is 19.1 Å². The summed E-state index contributed by atoms with van der Waals surface area (Å²) in [5.41, 5.74) is 3.79. The van der Waals surface area contributed by atoms with Crippen LogP contribution in [0.1, 0.15) is 80.6 Å². The number of aromatic amines is 1. The van der Waals surface area contributed by atoms with Gasteiger partial charge in [-0.1, -0.05) is 50.8 Å². The van der Waals surface area contributed by atoms with Gasteiger partial charge < -0.3 is 4.98 Å². The van der Waals surface area contributed by atoms with Crippen molar-refractivity contribution >= 4 is 10.9 Å². The fourth-order valence-corrected chi connectivity index (χ4v) is 5.55. The zero-order valence-electron chi connectivity index (χ0n) is 21.4. The standard InChI is InChI=1S/C28H35N7O/c1-19(2)26(27-31-32-33-35(27)24-9-5-4-6-10-24)34(17-21-8-7-13-29-16-21)18-23-15-22-14-20(3)11-12-25(22)30-28(23)36/h7-8,11-16,19,24,26H,4-6,9-10,17-18H2,1-3H3,(H,30,36)/t26-/m1/s1. The van der Waals surface area contributed by atoms with E-state index in [0.717, 1.165) is 40.7 Å². The van der Waals surface area contributed by atoms with Gasteiger partial charge in [0.2, 0.25) is 0 Å². The first kappa shape index (κ1) is 24.3. The molecule has 3 aromatic heterocycles. The molecule has 8 heteroatoms. The third kappa shape index (κ3) is 5.23. The second kappa shape index (κ2) is 10.7. The van der Waals surface area contributed by atoms with E-state index < -0.39 is 0 Å². The summed E-state index contributed by atoms with van der Waals surface area (Å²) in [6.07, 6.45) is 9.59. The van der Waals surface area contributed by atoms with Crippen molar-refractivity contribution in [3.05, 3.63) is 81.7 Å². The van der Waals surface area contributed by atoms with Gasteiger partial charge in [0, 0.05) is 36.6 Å². The summed E-state index contributed by atoms with van der Waals surface area (Å²) in [6.45, 7) is 7.59. The van der Waals surface area contributed by atoms with Gasteiger partial charge in [-0.15, -0.1) is 5.10 Å². The van der Waals surface area contributed by atoms with Crippen LogP contribution in [0.5, 0.6) is 0 Å². The summed E-state index contributed by atoms with van der Waals surface area (Å²) in [4.78, 5) is 22.9. The highest BCUT2D eigenvalue weighted by molar-refractivity contribution is 5.79. The summed E-state index contributed by atoms with van der Waals surface area (Å²) >= 11 is 0. The van der Waals surface area contributed by atoms with Gasteiger partial charge in [-0.3, -0.25) is 14.7 Å². The molecule has 0 bridgehead atoms. The van der Waals surface area contributed by atoms with Crippen LogP contribution in [0.15, 0.2) is 53.6 Å². The number of rotatable bonds is 8. The van der Waals surface area contributed by atoms with Gasteiger partial charge in [0.1, 0.15) is 0 Å². The highest BCUT2D eigenvalue weighted by Crippen LogP contribution is 2.34. The molecule has 1 atom stereocenters. The number of nitrogens with one attached hydrogen (secondary N) is 1. The second-order valence-electron chi connectivity index (χ2n) is 10.4. The maximum Gasteiger partial charge on any atom is 0.252 e. The molecule has 0 amide bonds. The van der Waals surface area contributed by atoms with Crippen molar-refractivity contribution in [2.45, 2.75) is 78.0 Å². The Labute approximate surface area is 211 Å². The average molecular weight is 486 g/mol. The predicted octanol–water partition coefficient (Wildman–Crippen LogP) is 5.12. The Kier molecular flexibility index (Phi) is 7.23. The molecule has 5 rings (SSSR count). The van der Waals surface area contributed by atoms with E-state index in [9.17, 15) is 4.79 Å². The Hall–Kier alpha value is -3.39. The molecule has 1 aliphatic carbocycles. The van der Waals surface area contributed by atoms with E-state index in [1.807, 2.05) is 30.5 Å². The smallest absolute Gasteiger partial charge is 0.252 e.